The number of hydrogen-bond donors (Lipinski definition) is 1. The van der Waals surface area contributed by atoms with Crippen molar-refractivity contribution >= 4 is 23.2 Å². The Bertz CT molecular complexity index is 346. The van der Waals surface area contributed by atoms with E-state index >= 15 is 0 Å². The molecule has 0 aliphatic heterocycles. The first-order valence-corrected chi connectivity index (χ1v) is 7.06. The van der Waals surface area contributed by atoms with Crippen LogP contribution in [0.25, 0.3) is 0 Å². The molecule has 0 heterocycles. The molecule has 0 amide bonds. The van der Waals surface area contributed by atoms with E-state index in [1.807, 2.05) is 18.2 Å². The Morgan fingerprint density at radius 3 is 2.12 bits per heavy atom. The van der Waals surface area contributed by atoms with Gasteiger partial charge in [0.05, 0.1) is 10.0 Å². The molecule has 1 atom stereocenters. The smallest absolute Gasteiger partial charge is 0.0595 e. The van der Waals surface area contributed by atoms with Crippen molar-refractivity contribution in [2.45, 2.75) is 45.6 Å². The van der Waals surface area contributed by atoms with E-state index in [2.05, 4.69) is 13.8 Å². The van der Waals surface area contributed by atoms with Crippen LogP contribution in [0, 0.1) is 5.92 Å². The van der Waals surface area contributed by atoms with E-state index in [0.29, 0.717) is 16.0 Å². The van der Waals surface area contributed by atoms with Gasteiger partial charge in [-0.2, -0.15) is 0 Å². The summed E-state index contributed by atoms with van der Waals surface area (Å²) in [4.78, 5) is 0. The number of nitrogens with two attached hydrogens (primary N) is 1. The molecule has 96 valence electrons. The number of benzene rings is 1. The summed E-state index contributed by atoms with van der Waals surface area (Å²) in [6.45, 7) is 4.40. The van der Waals surface area contributed by atoms with Gasteiger partial charge < -0.3 is 5.73 Å². The first-order valence-electron chi connectivity index (χ1n) is 6.30. The molecule has 0 saturated carbocycles. The summed E-state index contributed by atoms with van der Waals surface area (Å²) in [7, 11) is 0. The highest BCUT2D eigenvalue weighted by Crippen LogP contribution is 2.31. The predicted octanol–water partition coefficient (Wildman–Crippen LogP) is 5.21. The molecule has 0 fully saturated rings. The van der Waals surface area contributed by atoms with Gasteiger partial charge in [0.15, 0.2) is 0 Å². The largest absolute Gasteiger partial charge is 0.324 e. The second kappa shape index (κ2) is 7.25. The first-order chi connectivity index (χ1) is 8.10. The Labute approximate surface area is 114 Å². The third-order valence-electron chi connectivity index (χ3n) is 3.16. The Morgan fingerprint density at radius 2 is 1.65 bits per heavy atom. The summed E-state index contributed by atoms with van der Waals surface area (Å²) in [5.74, 6) is 0.530. The van der Waals surface area contributed by atoms with Crippen LogP contribution < -0.4 is 5.73 Å². The van der Waals surface area contributed by atoms with E-state index in [0.717, 1.165) is 18.4 Å². The molecule has 0 aromatic heterocycles. The second-order valence-electron chi connectivity index (χ2n) is 4.54. The fraction of sp³-hybridized carbons (Fsp3) is 0.571. The summed E-state index contributed by atoms with van der Waals surface area (Å²) >= 11 is 11.9. The molecule has 2 N–H and O–H groups in total. The Morgan fingerprint density at radius 1 is 1.06 bits per heavy atom. The molecule has 3 heteroatoms. The molecule has 0 saturated heterocycles. The Kier molecular flexibility index (Phi) is 6.32. The van der Waals surface area contributed by atoms with Crippen LogP contribution in [0.4, 0.5) is 0 Å². The van der Waals surface area contributed by atoms with Crippen molar-refractivity contribution in [3.63, 3.8) is 0 Å². The van der Waals surface area contributed by atoms with Gasteiger partial charge in [0, 0.05) is 6.04 Å². The maximum Gasteiger partial charge on any atom is 0.0595 e. The standard InChI is InChI=1S/C14H21Cl2N/c1-3-5-10(6-4-2)14(17)11-7-8-12(15)13(16)9-11/h7-10,14H,3-6,17H2,1-2H3. The lowest BCUT2D eigenvalue weighted by Crippen LogP contribution is -2.21. The summed E-state index contributed by atoms with van der Waals surface area (Å²) in [5.41, 5.74) is 7.42. The average molecular weight is 274 g/mol. The molecule has 0 aliphatic rings. The van der Waals surface area contributed by atoms with E-state index in [-0.39, 0.29) is 6.04 Å². The molecule has 0 bridgehead atoms. The van der Waals surface area contributed by atoms with E-state index in [4.69, 9.17) is 28.9 Å². The highest BCUT2D eigenvalue weighted by atomic mass is 35.5. The topological polar surface area (TPSA) is 26.0 Å². The maximum atomic E-state index is 6.33. The lowest BCUT2D eigenvalue weighted by atomic mass is 9.87. The van der Waals surface area contributed by atoms with Gasteiger partial charge in [0.1, 0.15) is 0 Å². The lowest BCUT2D eigenvalue weighted by molar-refractivity contribution is 0.369. The van der Waals surface area contributed by atoms with Crippen LogP contribution in [0.3, 0.4) is 0 Å². The molecule has 1 aromatic rings. The fourth-order valence-corrected chi connectivity index (χ4v) is 2.54. The van der Waals surface area contributed by atoms with Crippen molar-refractivity contribution in [3.05, 3.63) is 33.8 Å². The van der Waals surface area contributed by atoms with Crippen LogP contribution in [0.15, 0.2) is 18.2 Å². The van der Waals surface area contributed by atoms with E-state index in [1.54, 1.807) is 0 Å². The number of rotatable bonds is 6. The van der Waals surface area contributed by atoms with Crippen molar-refractivity contribution in [3.8, 4) is 0 Å². The van der Waals surface area contributed by atoms with Crippen LogP contribution in [0.1, 0.15) is 51.1 Å². The zero-order valence-corrected chi connectivity index (χ0v) is 12.1. The summed E-state index contributed by atoms with van der Waals surface area (Å²) in [5, 5.41) is 1.18. The van der Waals surface area contributed by atoms with Crippen LogP contribution in [-0.4, -0.2) is 0 Å². The van der Waals surface area contributed by atoms with Gasteiger partial charge >= 0.3 is 0 Å². The Hall–Kier alpha value is -0.240. The van der Waals surface area contributed by atoms with Crippen LogP contribution >= 0.6 is 23.2 Å². The summed E-state index contributed by atoms with van der Waals surface area (Å²) in [6, 6.07) is 5.77. The molecule has 1 rings (SSSR count). The quantitative estimate of drug-likeness (QED) is 0.757. The van der Waals surface area contributed by atoms with Crippen molar-refractivity contribution in [2.75, 3.05) is 0 Å². The van der Waals surface area contributed by atoms with Gasteiger partial charge in [-0.15, -0.1) is 0 Å². The molecule has 1 aromatic carbocycles. The van der Waals surface area contributed by atoms with Gasteiger partial charge in [-0.1, -0.05) is 56.0 Å². The Balaban J connectivity index is 2.84. The molecular formula is C14H21Cl2N. The number of halogens is 2. The highest BCUT2D eigenvalue weighted by Gasteiger charge is 2.18. The minimum absolute atomic E-state index is 0.0599. The van der Waals surface area contributed by atoms with Gasteiger partial charge in [-0.3, -0.25) is 0 Å². The van der Waals surface area contributed by atoms with Gasteiger partial charge in [-0.05, 0) is 36.5 Å². The third kappa shape index (κ3) is 4.17. The van der Waals surface area contributed by atoms with Crippen LogP contribution in [0.2, 0.25) is 10.0 Å². The SMILES string of the molecule is CCCC(CCC)C(N)c1ccc(Cl)c(Cl)c1. The van der Waals surface area contributed by atoms with Crippen LogP contribution in [0.5, 0.6) is 0 Å². The molecular weight excluding hydrogens is 253 g/mol. The van der Waals surface area contributed by atoms with Gasteiger partial charge in [0.25, 0.3) is 0 Å². The van der Waals surface area contributed by atoms with E-state index in [1.165, 1.54) is 12.8 Å². The normalized spacial score (nSPS) is 13.1. The molecule has 0 spiro atoms. The highest BCUT2D eigenvalue weighted by molar-refractivity contribution is 6.42. The average Bonchev–Trinajstić information content (AvgIpc) is 2.31. The van der Waals surface area contributed by atoms with E-state index < -0.39 is 0 Å². The maximum absolute atomic E-state index is 6.33. The monoisotopic (exact) mass is 273 g/mol. The van der Waals surface area contributed by atoms with Crippen molar-refractivity contribution < 1.29 is 0 Å². The summed E-state index contributed by atoms with van der Waals surface area (Å²) < 4.78 is 0. The molecule has 0 aliphatic carbocycles. The van der Waals surface area contributed by atoms with Crippen molar-refractivity contribution in [2.24, 2.45) is 11.7 Å². The van der Waals surface area contributed by atoms with Crippen LogP contribution in [-0.2, 0) is 0 Å². The first kappa shape index (κ1) is 14.8. The predicted molar refractivity (Wildman–Crippen MR) is 76.7 cm³/mol. The molecule has 1 unspecified atom stereocenters. The lowest BCUT2D eigenvalue weighted by Gasteiger charge is -2.23. The zero-order valence-electron chi connectivity index (χ0n) is 10.5. The van der Waals surface area contributed by atoms with E-state index in [9.17, 15) is 0 Å². The minimum atomic E-state index is 0.0599. The summed E-state index contributed by atoms with van der Waals surface area (Å²) in [6.07, 6.45) is 4.66. The molecule has 0 radical (unpaired) electrons. The fourth-order valence-electron chi connectivity index (χ4n) is 2.24. The third-order valence-corrected chi connectivity index (χ3v) is 3.89. The zero-order chi connectivity index (χ0) is 12.8. The number of hydrogen-bond acceptors (Lipinski definition) is 1. The van der Waals surface area contributed by atoms with Gasteiger partial charge in [-0.25, -0.2) is 0 Å². The minimum Gasteiger partial charge on any atom is -0.324 e. The molecule has 17 heavy (non-hydrogen) atoms. The second-order valence-corrected chi connectivity index (χ2v) is 5.35. The molecule has 1 nitrogen and oxygen atoms in total. The van der Waals surface area contributed by atoms with Crippen molar-refractivity contribution in [1.82, 2.24) is 0 Å². The van der Waals surface area contributed by atoms with Gasteiger partial charge in [0.2, 0.25) is 0 Å². The van der Waals surface area contributed by atoms with Crippen molar-refractivity contribution in [1.29, 1.82) is 0 Å².